The van der Waals surface area contributed by atoms with Crippen LogP contribution in [-0.4, -0.2) is 51.7 Å². The summed E-state index contributed by atoms with van der Waals surface area (Å²) in [5.41, 5.74) is 1.82. The molecule has 2 aliphatic heterocycles. The van der Waals surface area contributed by atoms with Gasteiger partial charge in [-0.3, -0.25) is 29.3 Å². The molecule has 36 heavy (non-hydrogen) atoms. The van der Waals surface area contributed by atoms with E-state index >= 15 is 0 Å². The van der Waals surface area contributed by atoms with Gasteiger partial charge in [0.25, 0.3) is 11.8 Å². The maximum atomic E-state index is 13.8. The molecule has 2 N–H and O–H groups in total. The lowest BCUT2D eigenvalue weighted by Gasteiger charge is -2.36. The average molecular weight is 496 g/mol. The second kappa shape index (κ2) is 10.2. The topological polar surface area (TPSA) is 107 Å². The summed E-state index contributed by atoms with van der Waals surface area (Å²) < 4.78 is 13.7. The van der Waals surface area contributed by atoms with Crippen LogP contribution < -0.4 is 5.48 Å². The Balaban J connectivity index is 1.59. The minimum absolute atomic E-state index is 0.0180. The van der Waals surface area contributed by atoms with Crippen molar-refractivity contribution in [3.05, 3.63) is 71.0 Å². The van der Waals surface area contributed by atoms with Crippen LogP contribution in [0.25, 0.3) is 0 Å². The summed E-state index contributed by atoms with van der Waals surface area (Å²) in [5.74, 6) is -3.18. The Morgan fingerprint density at radius 3 is 2.33 bits per heavy atom. The van der Waals surface area contributed by atoms with Gasteiger partial charge in [-0.15, -0.1) is 0 Å². The highest BCUT2D eigenvalue weighted by atomic mass is 19.1. The van der Waals surface area contributed by atoms with E-state index in [0.717, 1.165) is 4.90 Å². The van der Waals surface area contributed by atoms with Crippen LogP contribution in [0.15, 0.2) is 48.5 Å². The summed E-state index contributed by atoms with van der Waals surface area (Å²) >= 11 is 0. The number of hydrogen-bond acceptors (Lipinski definition) is 5. The van der Waals surface area contributed by atoms with Crippen molar-refractivity contribution in [2.45, 2.75) is 39.7 Å². The van der Waals surface area contributed by atoms with Gasteiger partial charge in [0, 0.05) is 19.6 Å². The molecule has 0 aromatic heterocycles. The van der Waals surface area contributed by atoms with Gasteiger partial charge in [-0.05, 0) is 55.0 Å². The summed E-state index contributed by atoms with van der Waals surface area (Å²) in [6.45, 7) is 4.39. The van der Waals surface area contributed by atoms with E-state index in [9.17, 15) is 28.8 Å². The molecular weight excluding hydrogens is 465 g/mol. The number of halogens is 1. The van der Waals surface area contributed by atoms with E-state index in [0.29, 0.717) is 36.1 Å². The molecule has 190 valence electrons. The van der Waals surface area contributed by atoms with Crippen LogP contribution >= 0.6 is 0 Å². The fourth-order valence-corrected chi connectivity index (χ4v) is 5.68. The first-order valence-electron chi connectivity index (χ1n) is 12.1. The predicted octanol–water partition coefficient (Wildman–Crippen LogP) is 3.40. The SMILES string of the molecule is CC(C)C[C@@]1(C(CCN2C(=O)c3ccccc3C2=O)C(=O)NO)CCN(Cc2cccc(F)c2)C1=O. The molecule has 0 radical (unpaired) electrons. The Labute approximate surface area is 209 Å². The molecule has 2 atom stereocenters. The molecule has 4 amide bonds. The highest BCUT2D eigenvalue weighted by Gasteiger charge is 2.54. The fourth-order valence-electron chi connectivity index (χ4n) is 5.68. The number of nitrogens with zero attached hydrogens (tertiary/aromatic N) is 2. The van der Waals surface area contributed by atoms with Crippen molar-refractivity contribution in [3.63, 3.8) is 0 Å². The molecule has 0 spiro atoms. The number of imide groups is 1. The monoisotopic (exact) mass is 495 g/mol. The fraction of sp³-hybridized carbons (Fsp3) is 0.407. The van der Waals surface area contributed by atoms with Crippen LogP contribution in [0.4, 0.5) is 4.39 Å². The third kappa shape index (κ3) is 4.63. The van der Waals surface area contributed by atoms with Crippen LogP contribution in [0, 0.1) is 23.1 Å². The lowest BCUT2D eigenvalue weighted by atomic mass is 9.67. The maximum Gasteiger partial charge on any atom is 0.261 e. The van der Waals surface area contributed by atoms with E-state index < -0.39 is 34.9 Å². The largest absolute Gasteiger partial charge is 0.338 e. The average Bonchev–Trinajstić information content (AvgIpc) is 3.28. The summed E-state index contributed by atoms with van der Waals surface area (Å²) in [4.78, 5) is 55.2. The van der Waals surface area contributed by atoms with Gasteiger partial charge in [-0.2, -0.15) is 0 Å². The van der Waals surface area contributed by atoms with E-state index in [4.69, 9.17) is 0 Å². The highest BCUT2D eigenvalue weighted by Crippen LogP contribution is 2.46. The van der Waals surface area contributed by atoms with E-state index in [1.165, 1.54) is 12.1 Å². The molecular formula is C27H30FN3O5. The Bertz CT molecular complexity index is 1160. The first-order chi connectivity index (χ1) is 17.2. The smallest absolute Gasteiger partial charge is 0.261 e. The number of amides is 4. The van der Waals surface area contributed by atoms with Gasteiger partial charge in [-0.25, -0.2) is 9.87 Å². The minimum Gasteiger partial charge on any atom is -0.338 e. The van der Waals surface area contributed by atoms with Crippen molar-refractivity contribution >= 4 is 23.6 Å². The maximum absolute atomic E-state index is 13.8. The Morgan fingerprint density at radius 1 is 1.08 bits per heavy atom. The van der Waals surface area contributed by atoms with Gasteiger partial charge in [-0.1, -0.05) is 38.1 Å². The molecule has 2 aromatic rings. The second-order valence-electron chi connectivity index (χ2n) is 9.99. The molecule has 1 saturated heterocycles. The quantitative estimate of drug-likeness (QED) is 0.315. The van der Waals surface area contributed by atoms with Crippen molar-refractivity contribution in [3.8, 4) is 0 Å². The van der Waals surface area contributed by atoms with Gasteiger partial charge >= 0.3 is 0 Å². The minimum atomic E-state index is -1.13. The zero-order valence-electron chi connectivity index (χ0n) is 20.4. The van der Waals surface area contributed by atoms with Crippen molar-refractivity contribution in [1.82, 2.24) is 15.3 Å². The number of likely N-dealkylation sites (tertiary alicyclic amines) is 1. The zero-order chi connectivity index (χ0) is 26.0. The van der Waals surface area contributed by atoms with Gasteiger partial charge in [0.2, 0.25) is 11.8 Å². The third-order valence-electron chi connectivity index (χ3n) is 7.19. The Morgan fingerprint density at radius 2 is 1.75 bits per heavy atom. The van der Waals surface area contributed by atoms with Crippen molar-refractivity contribution < 1.29 is 28.8 Å². The molecule has 1 fully saturated rings. The van der Waals surface area contributed by atoms with Gasteiger partial charge < -0.3 is 4.90 Å². The van der Waals surface area contributed by atoms with Crippen molar-refractivity contribution in [2.75, 3.05) is 13.1 Å². The number of hydroxylamine groups is 1. The molecule has 8 nitrogen and oxygen atoms in total. The molecule has 9 heteroatoms. The number of fused-ring (bicyclic) bond motifs is 1. The van der Waals surface area contributed by atoms with Gasteiger partial charge in [0.1, 0.15) is 5.82 Å². The van der Waals surface area contributed by atoms with Crippen molar-refractivity contribution in [2.24, 2.45) is 17.3 Å². The highest BCUT2D eigenvalue weighted by molar-refractivity contribution is 6.21. The molecule has 4 rings (SSSR count). The predicted molar refractivity (Wildman–Crippen MR) is 128 cm³/mol. The van der Waals surface area contributed by atoms with Crippen LogP contribution in [0.5, 0.6) is 0 Å². The summed E-state index contributed by atoms with van der Waals surface area (Å²) in [7, 11) is 0. The van der Waals surface area contributed by atoms with E-state index in [-0.39, 0.29) is 31.3 Å². The molecule has 0 aliphatic carbocycles. The van der Waals surface area contributed by atoms with Crippen LogP contribution in [0.2, 0.25) is 0 Å². The first kappa shape index (κ1) is 25.5. The molecule has 1 unspecified atom stereocenters. The number of benzene rings is 2. The molecule has 2 aliphatic rings. The third-order valence-corrected chi connectivity index (χ3v) is 7.19. The lowest BCUT2D eigenvalue weighted by Crippen LogP contribution is -2.48. The van der Waals surface area contributed by atoms with Crippen molar-refractivity contribution in [1.29, 1.82) is 0 Å². The molecule has 2 aromatic carbocycles. The van der Waals surface area contributed by atoms with Crippen LogP contribution in [0.3, 0.4) is 0 Å². The molecule has 2 heterocycles. The molecule has 0 bridgehead atoms. The van der Waals surface area contributed by atoms with E-state index in [1.54, 1.807) is 46.8 Å². The number of rotatable bonds is 9. The normalized spacial score (nSPS) is 20.3. The standard InChI is InChI=1S/C27H30FN3O5/c1-17(2)15-27(11-13-30(26(27)35)16-18-6-5-7-19(28)14-18)22(23(32)29-36)10-12-31-24(33)20-8-3-4-9-21(20)25(31)34/h3-9,14,17,22,36H,10-13,15-16H2,1-2H3,(H,29,32)/t22?,27-/m1/s1. The summed E-state index contributed by atoms with van der Waals surface area (Å²) in [6, 6.07) is 12.5. The number of carbonyl (C=O) groups excluding carboxylic acids is 4. The number of nitrogens with one attached hydrogen (secondary N) is 1. The number of hydrogen-bond donors (Lipinski definition) is 2. The van der Waals surface area contributed by atoms with Gasteiger partial charge in [0.05, 0.1) is 22.5 Å². The van der Waals surface area contributed by atoms with Crippen LogP contribution in [0.1, 0.15) is 59.4 Å². The van der Waals surface area contributed by atoms with Gasteiger partial charge in [0.15, 0.2) is 0 Å². The first-order valence-corrected chi connectivity index (χ1v) is 12.1. The Hall–Kier alpha value is -3.59. The van der Waals surface area contributed by atoms with E-state index in [2.05, 4.69) is 0 Å². The molecule has 0 saturated carbocycles. The number of carbonyl (C=O) groups is 4. The zero-order valence-corrected chi connectivity index (χ0v) is 20.4. The summed E-state index contributed by atoms with van der Waals surface area (Å²) in [6.07, 6.45) is 0.759. The Kier molecular flexibility index (Phi) is 7.21. The lowest BCUT2D eigenvalue weighted by molar-refractivity contribution is -0.150. The summed E-state index contributed by atoms with van der Waals surface area (Å²) in [5, 5.41) is 9.56. The van der Waals surface area contributed by atoms with Crippen LogP contribution in [-0.2, 0) is 16.1 Å². The second-order valence-corrected chi connectivity index (χ2v) is 9.99. The van der Waals surface area contributed by atoms with E-state index in [1.807, 2.05) is 13.8 Å².